The molecule has 2 fully saturated rings. The molecule has 3 atom stereocenters. The molecule has 1 heterocycles. The van der Waals surface area contributed by atoms with Crippen molar-refractivity contribution in [3.63, 3.8) is 0 Å². The molecule has 1 saturated carbocycles. The highest BCUT2D eigenvalue weighted by molar-refractivity contribution is 5.77. The zero-order valence-corrected chi connectivity index (χ0v) is 22.0. The van der Waals surface area contributed by atoms with Crippen molar-refractivity contribution in [3.05, 3.63) is 83.7 Å². The number of rotatable bonds is 9. The van der Waals surface area contributed by atoms with Crippen molar-refractivity contribution >= 4 is 6.09 Å². The van der Waals surface area contributed by atoms with E-state index in [1.165, 1.54) is 12.1 Å². The molecule has 38 heavy (non-hydrogen) atoms. The van der Waals surface area contributed by atoms with E-state index in [4.69, 9.17) is 14.2 Å². The molecule has 1 N–H and O–H groups in total. The number of methoxy groups -OCH3 is 1. The van der Waals surface area contributed by atoms with Crippen molar-refractivity contribution in [2.24, 2.45) is 5.92 Å². The molecule has 1 aliphatic carbocycles. The fourth-order valence-corrected chi connectivity index (χ4v) is 5.97. The second-order valence-electron chi connectivity index (χ2n) is 9.99. The standard InChI is InChI=1S/C31H35FN2O4/c1-3-37-29-18-22(17-28(36-2)30(29)23-9-11-24(32)12-10-23)19-34-16-15-25-26(13-14-27(25)34)33-31(35)38-20-21-7-5-4-6-8-21/h4-12,17-18,25-27H,3,13-16,19-20H2,1-2H3,(H,33,35)/t25-,26?,27+/m0/s1. The van der Waals surface area contributed by atoms with E-state index in [9.17, 15) is 9.18 Å². The van der Waals surface area contributed by atoms with Gasteiger partial charge >= 0.3 is 6.09 Å². The lowest BCUT2D eigenvalue weighted by atomic mass is 9.99. The lowest BCUT2D eigenvalue weighted by Gasteiger charge is -2.25. The summed E-state index contributed by atoms with van der Waals surface area (Å²) in [5, 5.41) is 3.12. The van der Waals surface area contributed by atoms with Gasteiger partial charge in [0, 0.05) is 18.6 Å². The zero-order chi connectivity index (χ0) is 26.5. The fourth-order valence-electron chi connectivity index (χ4n) is 5.97. The number of likely N-dealkylation sites (tertiary alicyclic amines) is 1. The predicted octanol–water partition coefficient (Wildman–Crippen LogP) is 6.18. The van der Waals surface area contributed by atoms with Crippen LogP contribution < -0.4 is 14.8 Å². The number of benzene rings is 3. The second kappa shape index (κ2) is 11.9. The number of hydrogen-bond acceptors (Lipinski definition) is 5. The van der Waals surface area contributed by atoms with Crippen LogP contribution in [0.25, 0.3) is 11.1 Å². The van der Waals surface area contributed by atoms with Crippen LogP contribution in [0.2, 0.25) is 0 Å². The summed E-state index contributed by atoms with van der Waals surface area (Å²) in [6, 6.07) is 20.8. The molecule has 3 aromatic carbocycles. The maximum atomic E-state index is 13.5. The number of ether oxygens (including phenoxy) is 3. The van der Waals surface area contributed by atoms with Gasteiger partial charge in [0.25, 0.3) is 0 Å². The fraction of sp³-hybridized carbons (Fsp3) is 0.387. The van der Waals surface area contributed by atoms with Crippen LogP contribution in [-0.2, 0) is 17.9 Å². The van der Waals surface area contributed by atoms with E-state index in [1.807, 2.05) is 37.3 Å². The van der Waals surface area contributed by atoms with E-state index in [2.05, 4.69) is 22.3 Å². The minimum absolute atomic E-state index is 0.127. The van der Waals surface area contributed by atoms with Crippen molar-refractivity contribution < 1.29 is 23.4 Å². The van der Waals surface area contributed by atoms with Gasteiger partial charge in [0.2, 0.25) is 0 Å². The summed E-state index contributed by atoms with van der Waals surface area (Å²) in [6.07, 6.45) is 2.68. The van der Waals surface area contributed by atoms with Crippen molar-refractivity contribution in [2.75, 3.05) is 20.3 Å². The summed E-state index contributed by atoms with van der Waals surface area (Å²) in [7, 11) is 1.65. The quantitative estimate of drug-likeness (QED) is 0.367. The van der Waals surface area contributed by atoms with Crippen LogP contribution in [0.1, 0.15) is 37.3 Å². The molecule has 5 rings (SSSR count). The topological polar surface area (TPSA) is 60.0 Å². The first kappa shape index (κ1) is 26.0. The zero-order valence-electron chi connectivity index (χ0n) is 22.0. The number of hydrogen-bond donors (Lipinski definition) is 1. The number of fused-ring (bicyclic) bond motifs is 1. The molecule has 1 amide bonds. The maximum Gasteiger partial charge on any atom is 0.407 e. The Kier molecular flexibility index (Phi) is 8.13. The minimum atomic E-state index is -0.347. The van der Waals surface area contributed by atoms with Crippen molar-refractivity contribution in [1.29, 1.82) is 0 Å². The second-order valence-corrected chi connectivity index (χ2v) is 9.99. The smallest absolute Gasteiger partial charge is 0.407 e. The molecule has 6 nitrogen and oxygen atoms in total. The monoisotopic (exact) mass is 518 g/mol. The largest absolute Gasteiger partial charge is 0.496 e. The van der Waals surface area contributed by atoms with Crippen LogP contribution in [0, 0.1) is 11.7 Å². The Bertz CT molecular complexity index is 1230. The molecule has 200 valence electrons. The number of nitrogens with one attached hydrogen (secondary N) is 1. The van der Waals surface area contributed by atoms with Crippen LogP contribution in [0.15, 0.2) is 66.7 Å². The van der Waals surface area contributed by atoms with E-state index >= 15 is 0 Å². The molecule has 1 unspecified atom stereocenters. The number of carbonyl (C=O) groups is 1. The molecule has 1 saturated heterocycles. The van der Waals surface area contributed by atoms with Crippen LogP contribution in [0.5, 0.6) is 11.5 Å². The SMILES string of the molecule is CCOc1cc(CN2CC[C@H]3C(NC(=O)OCc4ccccc4)CC[C@H]32)cc(OC)c1-c1ccc(F)cc1. The highest BCUT2D eigenvalue weighted by atomic mass is 19.1. The van der Waals surface area contributed by atoms with Gasteiger partial charge in [0.05, 0.1) is 19.3 Å². The van der Waals surface area contributed by atoms with Crippen LogP contribution >= 0.6 is 0 Å². The van der Waals surface area contributed by atoms with E-state index in [0.717, 1.165) is 60.4 Å². The van der Waals surface area contributed by atoms with Gasteiger partial charge in [-0.05, 0) is 79.6 Å². The van der Waals surface area contributed by atoms with Gasteiger partial charge in [-0.3, -0.25) is 4.90 Å². The van der Waals surface area contributed by atoms with Gasteiger partial charge in [-0.25, -0.2) is 9.18 Å². The highest BCUT2D eigenvalue weighted by Crippen LogP contribution is 2.42. The van der Waals surface area contributed by atoms with Crippen LogP contribution in [0.3, 0.4) is 0 Å². The molecule has 0 radical (unpaired) electrons. The van der Waals surface area contributed by atoms with Gasteiger partial charge in [-0.1, -0.05) is 42.5 Å². The number of alkyl carbamates (subject to hydrolysis) is 1. The van der Waals surface area contributed by atoms with E-state index in [1.54, 1.807) is 19.2 Å². The van der Waals surface area contributed by atoms with Crippen molar-refractivity contribution in [3.8, 4) is 22.6 Å². The third kappa shape index (κ3) is 5.78. The van der Waals surface area contributed by atoms with Gasteiger partial charge in [0.1, 0.15) is 23.9 Å². The van der Waals surface area contributed by atoms with Crippen LogP contribution in [-0.4, -0.2) is 43.3 Å². The number of amides is 1. The summed E-state index contributed by atoms with van der Waals surface area (Å²) < 4.78 is 30.8. The Morgan fingerprint density at radius 2 is 1.76 bits per heavy atom. The molecule has 0 spiro atoms. The first-order chi connectivity index (χ1) is 18.6. The molecule has 2 aliphatic rings. The summed E-state index contributed by atoms with van der Waals surface area (Å²) in [5.74, 6) is 1.57. The third-order valence-corrected chi connectivity index (χ3v) is 7.68. The summed E-state index contributed by atoms with van der Waals surface area (Å²) in [6.45, 7) is 4.49. The van der Waals surface area contributed by atoms with Gasteiger partial charge < -0.3 is 19.5 Å². The van der Waals surface area contributed by atoms with Gasteiger partial charge in [-0.15, -0.1) is 0 Å². The summed E-state index contributed by atoms with van der Waals surface area (Å²) >= 11 is 0. The lowest BCUT2D eigenvalue weighted by molar-refractivity contribution is 0.132. The van der Waals surface area contributed by atoms with Gasteiger partial charge in [0.15, 0.2) is 0 Å². The molecular weight excluding hydrogens is 483 g/mol. The number of halogens is 1. The van der Waals surface area contributed by atoms with Crippen LogP contribution in [0.4, 0.5) is 9.18 Å². The van der Waals surface area contributed by atoms with E-state index in [-0.39, 0.29) is 24.6 Å². The van der Waals surface area contributed by atoms with Crippen molar-refractivity contribution in [2.45, 2.75) is 51.4 Å². The number of nitrogens with zero attached hydrogens (tertiary/aromatic N) is 1. The Balaban J connectivity index is 1.25. The molecule has 0 bridgehead atoms. The Morgan fingerprint density at radius 1 is 1.00 bits per heavy atom. The molecule has 0 aromatic heterocycles. The Hall–Kier alpha value is -3.58. The van der Waals surface area contributed by atoms with E-state index < -0.39 is 0 Å². The van der Waals surface area contributed by atoms with Crippen molar-refractivity contribution in [1.82, 2.24) is 10.2 Å². The molecule has 1 aliphatic heterocycles. The minimum Gasteiger partial charge on any atom is -0.496 e. The average Bonchev–Trinajstić information content (AvgIpc) is 3.52. The van der Waals surface area contributed by atoms with E-state index in [0.29, 0.717) is 24.3 Å². The van der Waals surface area contributed by atoms with Gasteiger partial charge in [-0.2, -0.15) is 0 Å². The third-order valence-electron chi connectivity index (χ3n) is 7.68. The average molecular weight is 519 g/mol. The maximum absolute atomic E-state index is 13.5. The normalized spacial score (nSPS) is 20.7. The molecular formula is C31H35FN2O4. The first-order valence-electron chi connectivity index (χ1n) is 13.4. The molecule has 7 heteroatoms. The number of carbonyl (C=O) groups excluding carboxylic acids is 1. The Labute approximate surface area is 223 Å². The first-order valence-corrected chi connectivity index (χ1v) is 13.4. The predicted molar refractivity (Wildman–Crippen MR) is 145 cm³/mol. The Morgan fingerprint density at radius 3 is 2.50 bits per heavy atom. The summed E-state index contributed by atoms with van der Waals surface area (Å²) in [5.41, 5.74) is 3.77. The summed E-state index contributed by atoms with van der Waals surface area (Å²) in [4.78, 5) is 15.0. The lowest BCUT2D eigenvalue weighted by Crippen LogP contribution is -2.39. The highest BCUT2D eigenvalue weighted by Gasteiger charge is 2.44. The molecule has 3 aromatic rings.